The monoisotopic (exact) mass is 281 g/mol. The van der Waals surface area contributed by atoms with Crippen LogP contribution in [0.1, 0.15) is 45.1 Å². The van der Waals surface area contributed by atoms with Gasteiger partial charge in [-0.25, -0.2) is 0 Å². The zero-order chi connectivity index (χ0) is 14.1. The van der Waals surface area contributed by atoms with Crippen molar-refractivity contribution in [2.45, 2.75) is 45.3 Å². The SMILES string of the molecule is CCCCS(CCCC)(Cc1ccccc1)C(N)=O. The average Bonchev–Trinajstić information content (AvgIpc) is 2.43. The zero-order valence-electron chi connectivity index (χ0n) is 12.2. The van der Waals surface area contributed by atoms with Crippen LogP contribution in [0.2, 0.25) is 0 Å². The molecule has 0 fully saturated rings. The highest BCUT2D eigenvalue weighted by molar-refractivity contribution is 8.44. The fraction of sp³-hybridized carbons (Fsp3) is 0.562. The summed E-state index contributed by atoms with van der Waals surface area (Å²) in [5.41, 5.74) is 7.05. The van der Waals surface area contributed by atoms with Crippen molar-refractivity contribution in [1.29, 1.82) is 0 Å². The molecule has 108 valence electrons. The molecule has 0 aliphatic heterocycles. The lowest BCUT2D eigenvalue weighted by Crippen LogP contribution is -2.26. The third kappa shape index (κ3) is 4.90. The standard InChI is InChI=1S/C16H27NOS/c1-3-5-12-19(16(17)18,13-6-4-2)14-15-10-8-7-9-11-15/h7-11H,3-6,12-14H2,1-2H3,(H2,17,18). The Morgan fingerprint density at radius 2 is 1.58 bits per heavy atom. The summed E-state index contributed by atoms with van der Waals surface area (Å²) in [7, 11) is -1.35. The Kier molecular flexibility index (Phi) is 7.00. The maximum Gasteiger partial charge on any atom is 0.259 e. The van der Waals surface area contributed by atoms with Crippen molar-refractivity contribution in [3.05, 3.63) is 35.9 Å². The molecule has 19 heavy (non-hydrogen) atoms. The van der Waals surface area contributed by atoms with E-state index in [4.69, 9.17) is 5.73 Å². The van der Waals surface area contributed by atoms with Crippen molar-refractivity contribution in [3.8, 4) is 0 Å². The number of nitrogens with two attached hydrogens (primary N) is 1. The fourth-order valence-electron chi connectivity index (χ4n) is 2.25. The van der Waals surface area contributed by atoms with Crippen LogP contribution in [0.15, 0.2) is 30.3 Å². The normalized spacial score (nSPS) is 12.3. The molecule has 0 aliphatic rings. The van der Waals surface area contributed by atoms with Gasteiger partial charge in [0.15, 0.2) is 0 Å². The summed E-state index contributed by atoms with van der Waals surface area (Å²) >= 11 is 0. The van der Waals surface area contributed by atoms with Crippen molar-refractivity contribution in [3.63, 3.8) is 0 Å². The molecule has 1 rings (SSSR count). The Balaban J connectivity index is 2.90. The van der Waals surface area contributed by atoms with E-state index >= 15 is 0 Å². The Labute approximate surface area is 119 Å². The Bertz CT molecular complexity index is 370. The quantitative estimate of drug-likeness (QED) is 0.739. The van der Waals surface area contributed by atoms with Crippen molar-refractivity contribution in [2.75, 3.05) is 11.5 Å². The molecule has 2 nitrogen and oxygen atoms in total. The minimum Gasteiger partial charge on any atom is -0.362 e. The number of rotatable bonds is 8. The summed E-state index contributed by atoms with van der Waals surface area (Å²) in [6, 6.07) is 10.3. The van der Waals surface area contributed by atoms with E-state index in [0.717, 1.165) is 42.9 Å². The number of benzene rings is 1. The van der Waals surface area contributed by atoms with Gasteiger partial charge in [-0.05, 0) is 29.9 Å². The molecule has 0 spiro atoms. The highest BCUT2D eigenvalue weighted by atomic mass is 32.3. The minimum absolute atomic E-state index is 0.0433. The van der Waals surface area contributed by atoms with Crippen molar-refractivity contribution in [1.82, 2.24) is 0 Å². The first kappa shape index (κ1) is 16.1. The van der Waals surface area contributed by atoms with E-state index in [1.165, 1.54) is 5.56 Å². The zero-order valence-corrected chi connectivity index (χ0v) is 13.0. The van der Waals surface area contributed by atoms with Crippen LogP contribution >= 0.6 is 10.0 Å². The number of hydrogen-bond acceptors (Lipinski definition) is 1. The van der Waals surface area contributed by atoms with Crippen molar-refractivity contribution < 1.29 is 4.79 Å². The highest BCUT2D eigenvalue weighted by Crippen LogP contribution is 2.52. The first-order chi connectivity index (χ1) is 9.14. The van der Waals surface area contributed by atoms with E-state index in [1.54, 1.807) is 0 Å². The molecule has 0 bridgehead atoms. The molecule has 1 amide bonds. The van der Waals surface area contributed by atoms with Gasteiger partial charge in [-0.2, -0.15) is 10.0 Å². The molecule has 0 radical (unpaired) electrons. The number of unbranched alkanes of at least 4 members (excludes halogenated alkanes) is 2. The molecule has 1 aromatic carbocycles. The minimum atomic E-state index is -1.35. The van der Waals surface area contributed by atoms with Crippen molar-refractivity contribution >= 4 is 15.3 Å². The summed E-state index contributed by atoms with van der Waals surface area (Å²) in [6.45, 7) is 4.35. The van der Waals surface area contributed by atoms with Gasteiger partial charge in [-0.15, -0.1) is 0 Å². The van der Waals surface area contributed by atoms with Gasteiger partial charge in [0.05, 0.1) is 0 Å². The van der Waals surface area contributed by atoms with Gasteiger partial charge in [0.25, 0.3) is 5.24 Å². The van der Waals surface area contributed by atoms with E-state index in [-0.39, 0.29) is 5.24 Å². The second-order valence-electron chi connectivity index (χ2n) is 5.11. The van der Waals surface area contributed by atoms with Gasteiger partial charge in [-0.1, -0.05) is 57.0 Å². The third-order valence-electron chi connectivity index (χ3n) is 3.49. The summed E-state index contributed by atoms with van der Waals surface area (Å²) in [6.07, 6.45) is 4.47. The number of carbonyl (C=O) groups is 1. The molecule has 2 N–H and O–H groups in total. The highest BCUT2D eigenvalue weighted by Gasteiger charge is 2.29. The molecule has 0 saturated heterocycles. The number of primary amides is 1. The van der Waals surface area contributed by atoms with E-state index in [9.17, 15) is 4.79 Å². The average molecular weight is 281 g/mol. The molecule has 3 heteroatoms. The lowest BCUT2D eigenvalue weighted by Gasteiger charge is -2.37. The maximum atomic E-state index is 12.1. The van der Waals surface area contributed by atoms with Gasteiger partial charge in [-0.3, -0.25) is 4.79 Å². The molecule has 0 aliphatic carbocycles. The maximum absolute atomic E-state index is 12.1. The largest absolute Gasteiger partial charge is 0.362 e. The molecule has 0 unspecified atom stereocenters. The number of amides is 1. The van der Waals surface area contributed by atoms with E-state index < -0.39 is 10.0 Å². The molecular formula is C16H27NOS. The fourth-order valence-corrected chi connectivity index (χ4v) is 5.80. The van der Waals surface area contributed by atoms with Crippen LogP contribution in [0.4, 0.5) is 4.79 Å². The number of hydrogen-bond donors (Lipinski definition) is 1. The molecular weight excluding hydrogens is 254 g/mol. The first-order valence-corrected chi connectivity index (χ1v) is 9.38. The van der Waals surface area contributed by atoms with Gasteiger partial charge < -0.3 is 5.73 Å². The second-order valence-corrected chi connectivity index (χ2v) is 8.71. The number of carbonyl (C=O) groups excluding carboxylic acids is 1. The van der Waals surface area contributed by atoms with E-state index in [0.29, 0.717) is 0 Å². The molecule has 0 saturated carbocycles. The predicted octanol–water partition coefficient (Wildman–Crippen LogP) is 4.67. The smallest absolute Gasteiger partial charge is 0.259 e. The summed E-state index contributed by atoms with van der Waals surface area (Å²) in [5.74, 6) is 2.85. The summed E-state index contributed by atoms with van der Waals surface area (Å²) < 4.78 is 0. The second kappa shape index (κ2) is 8.26. The summed E-state index contributed by atoms with van der Waals surface area (Å²) in [5, 5.41) is -0.0433. The van der Waals surface area contributed by atoms with Crippen LogP contribution in [-0.4, -0.2) is 16.7 Å². The van der Waals surface area contributed by atoms with Crippen LogP contribution in [0.3, 0.4) is 0 Å². The lowest BCUT2D eigenvalue weighted by atomic mass is 10.2. The molecule has 0 atom stereocenters. The van der Waals surface area contributed by atoms with Crippen LogP contribution in [0, 0.1) is 0 Å². The van der Waals surface area contributed by atoms with Gasteiger partial charge in [0.2, 0.25) is 0 Å². The van der Waals surface area contributed by atoms with Gasteiger partial charge in [0, 0.05) is 5.75 Å². The van der Waals surface area contributed by atoms with Crippen LogP contribution in [0.25, 0.3) is 0 Å². The lowest BCUT2D eigenvalue weighted by molar-refractivity contribution is 0.266. The topological polar surface area (TPSA) is 43.1 Å². The third-order valence-corrected chi connectivity index (χ3v) is 7.37. The van der Waals surface area contributed by atoms with E-state index in [1.807, 2.05) is 18.2 Å². The van der Waals surface area contributed by atoms with Crippen LogP contribution < -0.4 is 5.73 Å². The van der Waals surface area contributed by atoms with Crippen LogP contribution in [0.5, 0.6) is 0 Å². The van der Waals surface area contributed by atoms with Gasteiger partial charge >= 0.3 is 0 Å². The molecule has 0 aromatic heterocycles. The predicted molar refractivity (Wildman–Crippen MR) is 86.9 cm³/mol. The van der Waals surface area contributed by atoms with Crippen molar-refractivity contribution in [2.24, 2.45) is 5.73 Å². The Hall–Kier alpha value is -0.960. The van der Waals surface area contributed by atoms with Gasteiger partial charge in [0.1, 0.15) is 0 Å². The summed E-state index contributed by atoms with van der Waals surface area (Å²) in [4.78, 5) is 12.1. The molecule has 1 aromatic rings. The Morgan fingerprint density at radius 1 is 1.05 bits per heavy atom. The van der Waals surface area contributed by atoms with Crippen LogP contribution in [-0.2, 0) is 5.75 Å². The van der Waals surface area contributed by atoms with E-state index in [2.05, 4.69) is 26.0 Å². The Morgan fingerprint density at radius 3 is 2.00 bits per heavy atom. The first-order valence-electron chi connectivity index (χ1n) is 7.24. The molecule has 0 heterocycles.